The van der Waals surface area contributed by atoms with Crippen molar-refractivity contribution in [3.05, 3.63) is 60.8 Å². The molecule has 0 aliphatic heterocycles. The summed E-state index contributed by atoms with van der Waals surface area (Å²) in [5.41, 5.74) is 0. The molecule has 0 heterocycles. The third-order valence-corrected chi connectivity index (χ3v) is 12.3. The van der Waals surface area contributed by atoms with Crippen LogP contribution in [-0.4, -0.2) is 98.3 Å². The molecule has 0 saturated heterocycles. The maximum absolute atomic E-state index is 12.8. The zero-order valence-electron chi connectivity index (χ0n) is 40.0. The normalized spacial score (nSPS) is 21.9. The lowest BCUT2D eigenvalue weighted by Gasteiger charge is -2.41. The van der Waals surface area contributed by atoms with E-state index in [1.807, 2.05) is 0 Å². The van der Waals surface area contributed by atoms with Gasteiger partial charge in [0.15, 0.2) is 6.10 Å². The van der Waals surface area contributed by atoms with Gasteiger partial charge in [0.1, 0.15) is 43.2 Å². The summed E-state index contributed by atoms with van der Waals surface area (Å²) in [6.07, 6.45) is 37.1. The Balaban J connectivity index is 2.41. The summed E-state index contributed by atoms with van der Waals surface area (Å²) >= 11 is 0. The summed E-state index contributed by atoms with van der Waals surface area (Å²) in [7, 11) is -5.13. The number of aliphatic hydroxyl groups excluding tert-OH is 5. The van der Waals surface area contributed by atoms with Gasteiger partial charge in [-0.3, -0.25) is 18.6 Å². The van der Waals surface area contributed by atoms with E-state index in [9.17, 15) is 44.6 Å². The Bertz CT molecular complexity index is 1370. The van der Waals surface area contributed by atoms with Crippen LogP contribution in [0.1, 0.15) is 194 Å². The van der Waals surface area contributed by atoms with Crippen LogP contribution in [0.25, 0.3) is 0 Å². The van der Waals surface area contributed by atoms with Gasteiger partial charge in [-0.2, -0.15) is 0 Å². The molecule has 0 aromatic carbocycles. The maximum Gasteiger partial charge on any atom is 0.472 e. The van der Waals surface area contributed by atoms with E-state index in [4.69, 9.17) is 18.5 Å². The van der Waals surface area contributed by atoms with Gasteiger partial charge in [-0.1, -0.05) is 164 Å². The SMILES string of the molecule is CC/C=C/C/C=C/C/C=C/C/C=C/CCCCC(=O)O[C@@H](COC(=O)CCCCCCCCCCCCC/C=C/CCCCCCCC)COP(=O)(O)OC1C(O)C(O)C(O)[C@H](O)C1O. The van der Waals surface area contributed by atoms with E-state index < -0.39 is 75.7 Å². The lowest BCUT2D eigenvalue weighted by molar-refractivity contribution is -0.220. The monoisotopic (exact) mass is 941 g/mol. The molecule has 0 radical (unpaired) electrons. The highest BCUT2D eigenvalue weighted by molar-refractivity contribution is 7.47. The molecule has 0 bridgehead atoms. The van der Waals surface area contributed by atoms with Crippen molar-refractivity contribution in [3.8, 4) is 0 Å². The molecule has 0 spiro atoms. The Kier molecular flexibility index (Phi) is 37.8. The molecule has 0 amide bonds. The van der Waals surface area contributed by atoms with Crippen molar-refractivity contribution in [1.82, 2.24) is 0 Å². The van der Waals surface area contributed by atoms with Crippen molar-refractivity contribution in [2.75, 3.05) is 13.2 Å². The number of hydrogen-bond donors (Lipinski definition) is 6. The second-order valence-electron chi connectivity index (χ2n) is 17.3. The Hall–Kier alpha value is -2.45. The lowest BCUT2D eigenvalue weighted by atomic mass is 9.85. The van der Waals surface area contributed by atoms with Gasteiger partial charge in [0.25, 0.3) is 0 Å². The van der Waals surface area contributed by atoms with Crippen LogP contribution in [0.15, 0.2) is 60.8 Å². The second-order valence-corrected chi connectivity index (χ2v) is 18.7. The number of carbonyl (C=O) groups is 2. The van der Waals surface area contributed by atoms with E-state index in [1.165, 1.54) is 96.3 Å². The predicted molar refractivity (Wildman–Crippen MR) is 258 cm³/mol. The van der Waals surface area contributed by atoms with Crippen molar-refractivity contribution in [3.63, 3.8) is 0 Å². The Morgan fingerprint density at radius 1 is 0.492 bits per heavy atom. The number of carbonyl (C=O) groups excluding carboxylic acids is 2. The molecule has 1 saturated carbocycles. The van der Waals surface area contributed by atoms with Crippen LogP contribution < -0.4 is 0 Å². The molecule has 65 heavy (non-hydrogen) atoms. The third-order valence-electron chi connectivity index (χ3n) is 11.3. The number of aliphatic hydroxyl groups is 5. The van der Waals surface area contributed by atoms with Crippen molar-refractivity contribution in [1.29, 1.82) is 0 Å². The van der Waals surface area contributed by atoms with Crippen LogP contribution >= 0.6 is 7.82 Å². The van der Waals surface area contributed by atoms with Gasteiger partial charge in [-0.15, -0.1) is 0 Å². The standard InChI is InChI=1S/C51H89O13P/c1-3-5-7-9-11-13-15-17-19-20-21-22-23-24-26-27-29-31-33-35-37-39-44(52)61-41-43(42-62-65(59,60)64-51-49(57)47(55)46(54)48(56)50(51)58)63-45(53)40-38-36-34-32-30-28-25-18-16-14-12-10-8-6-4-2/h6,8,12,14,17-19,25,30,32,43,46-51,54-58H,3-5,7,9-11,13,15-16,20-24,26-29,31,33-42H2,1-2H3,(H,59,60)/b8-6+,14-12+,19-17+,25-18+,32-30+/t43-,46?,47-,48?,49?,50?,51?/m0/s1. The average Bonchev–Trinajstić information content (AvgIpc) is 3.29. The van der Waals surface area contributed by atoms with E-state index in [0.717, 1.165) is 57.8 Å². The first-order valence-corrected chi connectivity index (χ1v) is 26.6. The zero-order valence-corrected chi connectivity index (χ0v) is 40.9. The van der Waals surface area contributed by atoms with Crippen molar-refractivity contribution < 1.29 is 63.1 Å². The summed E-state index contributed by atoms with van der Waals surface area (Å²) < 4.78 is 33.5. The molecule has 6 N–H and O–H groups in total. The number of phosphoric acid groups is 1. The molecule has 6 unspecified atom stereocenters. The minimum absolute atomic E-state index is 0.0427. The fraction of sp³-hybridized carbons (Fsp3) is 0.765. The molecule has 8 atom stereocenters. The number of allylic oxidation sites excluding steroid dienone is 10. The molecule has 1 aliphatic carbocycles. The first-order valence-electron chi connectivity index (χ1n) is 25.1. The third kappa shape index (κ3) is 32.8. The zero-order chi connectivity index (χ0) is 47.8. The molecule has 376 valence electrons. The van der Waals surface area contributed by atoms with Gasteiger partial charge in [0.2, 0.25) is 0 Å². The number of rotatable bonds is 41. The first kappa shape index (κ1) is 60.6. The number of esters is 2. The van der Waals surface area contributed by atoms with Gasteiger partial charge in [0, 0.05) is 12.8 Å². The smallest absolute Gasteiger partial charge is 0.462 e. The van der Waals surface area contributed by atoms with Crippen LogP contribution in [-0.2, 0) is 32.7 Å². The summed E-state index contributed by atoms with van der Waals surface area (Å²) in [5.74, 6) is -1.15. The summed E-state index contributed by atoms with van der Waals surface area (Å²) in [6.45, 7) is 3.16. The predicted octanol–water partition coefficient (Wildman–Crippen LogP) is 10.5. The van der Waals surface area contributed by atoms with Crippen LogP contribution in [0.5, 0.6) is 0 Å². The molecular formula is C51H89O13P. The fourth-order valence-corrected chi connectivity index (χ4v) is 8.30. The van der Waals surface area contributed by atoms with Crippen LogP contribution in [0.2, 0.25) is 0 Å². The van der Waals surface area contributed by atoms with Gasteiger partial charge in [0.05, 0.1) is 6.61 Å². The number of unbranched alkanes of at least 4 members (excludes halogenated alkanes) is 19. The van der Waals surface area contributed by atoms with Gasteiger partial charge in [-0.25, -0.2) is 4.57 Å². The Morgan fingerprint density at radius 3 is 1.38 bits per heavy atom. The second kappa shape index (κ2) is 40.6. The van der Waals surface area contributed by atoms with Gasteiger partial charge >= 0.3 is 19.8 Å². The van der Waals surface area contributed by atoms with Crippen molar-refractivity contribution >= 4 is 19.8 Å². The highest BCUT2D eigenvalue weighted by atomic mass is 31.2. The van der Waals surface area contributed by atoms with Crippen LogP contribution in [0, 0.1) is 0 Å². The topological polar surface area (TPSA) is 210 Å². The summed E-state index contributed by atoms with van der Waals surface area (Å²) in [6, 6.07) is 0. The molecule has 13 nitrogen and oxygen atoms in total. The highest BCUT2D eigenvalue weighted by Gasteiger charge is 2.51. The molecule has 1 fully saturated rings. The molecule has 0 aromatic rings. The van der Waals surface area contributed by atoms with Crippen LogP contribution in [0.4, 0.5) is 0 Å². The lowest BCUT2D eigenvalue weighted by Crippen LogP contribution is -2.64. The largest absolute Gasteiger partial charge is 0.472 e. The highest BCUT2D eigenvalue weighted by Crippen LogP contribution is 2.47. The van der Waals surface area contributed by atoms with Crippen LogP contribution in [0.3, 0.4) is 0 Å². The number of phosphoric ester groups is 1. The minimum atomic E-state index is -5.13. The minimum Gasteiger partial charge on any atom is -0.462 e. The Labute approximate surface area is 392 Å². The number of hydrogen-bond acceptors (Lipinski definition) is 12. The fourth-order valence-electron chi connectivity index (χ4n) is 7.33. The van der Waals surface area contributed by atoms with E-state index >= 15 is 0 Å². The molecule has 1 aliphatic rings. The van der Waals surface area contributed by atoms with Crippen molar-refractivity contribution in [2.45, 2.75) is 236 Å². The quantitative estimate of drug-likeness (QED) is 0.0146. The van der Waals surface area contributed by atoms with E-state index in [1.54, 1.807) is 0 Å². The molecular weight excluding hydrogens is 852 g/mol. The molecule has 14 heteroatoms. The maximum atomic E-state index is 12.8. The Morgan fingerprint density at radius 2 is 0.877 bits per heavy atom. The first-order chi connectivity index (χ1) is 31.4. The summed E-state index contributed by atoms with van der Waals surface area (Å²) in [5, 5.41) is 50.2. The van der Waals surface area contributed by atoms with Crippen molar-refractivity contribution in [2.24, 2.45) is 0 Å². The molecule has 1 rings (SSSR count). The van der Waals surface area contributed by atoms with Gasteiger partial charge < -0.3 is 39.9 Å². The average molecular weight is 941 g/mol. The van der Waals surface area contributed by atoms with E-state index in [-0.39, 0.29) is 12.8 Å². The van der Waals surface area contributed by atoms with Gasteiger partial charge in [-0.05, 0) is 77.0 Å². The summed E-state index contributed by atoms with van der Waals surface area (Å²) in [4.78, 5) is 35.8. The number of ether oxygens (including phenoxy) is 2. The molecule has 0 aromatic heterocycles. The van der Waals surface area contributed by atoms with E-state index in [2.05, 4.69) is 74.6 Å². The van der Waals surface area contributed by atoms with E-state index in [0.29, 0.717) is 12.8 Å².